The number of ether oxygens (including phenoxy) is 1. The van der Waals surface area contributed by atoms with Crippen molar-refractivity contribution >= 4 is 29.3 Å². The SMILES string of the molecule is CCCCc1nc(SCC(=O)Nc2ccc(C(=O)OCC)cc2)n[nH]1. The van der Waals surface area contributed by atoms with E-state index in [0.717, 1.165) is 25.1 Å². The lowest BCUT2D eigenvalue weighted by Crippen LogP contribution is -2.14. The maximum atomic E-state index is 12.0. The van der Waals surface area contributed by atoms with Gasteiger partial charge in [0.25, 0.3) is 0 Å². The van der Waals surface area contributed by atoms with Crippen molar-refractivity contribution in [3.05, 3.63) is 35.7 Å². The molecule has 0 atom stereocenters. The van der Waals surface area contributed by atoms with Gasteiger partial charge >= 0.3 is 5.97 Å². The Morgan fingerprint density at radius 3 is 2.68 bits per heavy atom. The summed E-state index contributed by atoms with van der Waals surface area (Å²) in [5.74, 6) is 0.526. The summed E-state index contributed by atoms with van der Waals surface area (Å²) in [5.41, 5.74) is 1.08. The molecule has 25 heavy (non-hydrogen) atoms. The minimum atomic E-state index is -0.376. The molecule has 8 heteroatoms. The number of anilines is 1. The van der Waals surface area contributed by atoms with E-state index in [-0.39, 0.29) is 17.6 Å². The molecule has 0 aliphatic heterocycles. The number of esters is 1. The number of thioether (sulfide) groups is 1. The second kappa shape index (κ2) is 9.83. The lowest BCUT2D eigenvalue weighted by atomic mass is 10.2. The molecule has 0 saturated heterocycles. The summed E-state index contributed by atoms with van der Waals surface area (Å²) in [5, 5.41) is 10.3. The Bertz CT molecular complexity index is 700. The Kier molecular flexibility index (Phi) is 7.46. The van der Waals surface area contributed by atoms with Crippen molar-refractivity contribution in [3.63, 3.8) is 0 Å². The van der Waals surface area contributed by atoms with Gasteiger partial charge in [-0.15, -0.1) is 5.10 Å². The van der Waals surface area contributed by atoms with Gasteiger partial charge in [-0.25, -0.2) is 9.78 Å². The monoisotopic (exact) mass is 362 g/mol. The van der Waals surface area contributed by atoms with Crippen LogP contribution in [0, 0.1) is 0 Å². The molecule has 0 bridgehead atoms. The van der Waals surface area contributed by atoms with Crippen LogP contribution in [-0.2, 0) is 16.0 Å². The fourth-order valence-corrected chi connectivity index (χ4v) is 2.65. The second-order valence-corrected chi connectivity index (χ2v) is 6.25. The third kappa shape index (κ3) is 6.22. The lowest BCUT2D eigenvalue weighted by molar-refractivity contribution is -0.113. The molecular formula is C17H22N4O3S. The highest BCUT2D eigenvalue weighted by atomic mass is 32.2. The standard InChI is InChI=1S/C17H22N4O3S/c1-3-5-6-14-19-17(21-20-14)25-11-15(22)18-13-9-7-12(8-10-13)16(23)24-4-2/h7-10H,3-6,11H2,1-2H3,(H,18,22)(H,19,20,21). The average Bonchev–Trinajstić information content (AvgIpc) is 3.07. The van der Waals surface area contributed by atoms with E-state index in [2.05, 4.69) is 27.4 Å². The van der Waals surface area contributed by atoms with Crippen LogP contribution in [0.15, 0.2) is 29.4 Å². The highest BCUT2D eigenvalue weighted by molar-refractivity contribution is 7.99. The first-order valence-electron chi connectivity index (χ1n) is 8.23. The number of carbonyl (C=O) groups is 2. The molecule has 0 saturated carbocycles. The molecule has 0 radical (unpaired) electrons. The van der Waals surface area contributed by atoms with E-state index >= 15 is 0 Å². The largest absolute Gasteiger partial charge is 0.462 e. The predicted molar refractivity (Wildman–Crippen MR) is 96.7 cm³/mol. The number of amides is 1. The molecule has 1 aromatic heterocycles. The van der Waals surface area contributed by atoms with E-state index in [9.17, 15) is 9.59 Å². The number of H-pyrrole nitrogens is 1. The third-order valence-electron chi connectivity index (χ3n) is 3.29. The number of aromatic nitrogens is 3. The van der Waals surface area contributed by atoms with E-state index in [4.69, 9.17) is 4.74 Å². The number of benzene rings is 1. The Balaban J connectivity index is 1.80. The van der Waals surface area contributed by atoms with Crippen molar-refractivity contribution in [3.8, 4) is 0 Å². The van der Waals surface area contributed by atoms with Crippen molar-refractivity contribution in [2.75, 3.05) is 17.7 Å². The second-order valence-electron chi connectivity index (χ2n) is 5.30. The summed E-state index contributed by atoms with van der Waals surface area (Å²) in [7, 11) is 0. The molecule has 1 heterocycles. The number of carbonyl (C=O) groups excluding carboxylic acids is 2. The summed E-state index contributed by atoms with van der Waals surface area (Å²) in [4.78, 5) is 27.9. The van der Waals surface area contributed by atoms with E-state index in [0.29, 0.717) is 23.0 Å². The predicted octanol–water partition coefficient (Wildman–Crippen LogP) is 3.05. The molecule has 0 spiro atoms. The molecule has 2 rings (SSSR count). The Labute approximate surface area is 150 Å². The van der Waals surface area contributed by atoms with Gasteiger partial charge in [-0.3, -0.25) is 9.89 Å². The number of hydrogen-bond donors (Lipinski definition) is 2. The van der Waals surface area contributed by atoms with Gasteiger partial charge in [-0.05, 0) is 37.6 Å². The van der Waals surface area contributed by atoms with Crippen molar-refractivity contribution in [2.24, 2.45) is 0 Å². The van der Waals surface area contributed by atoms with E-state index in [1.807, 2.05) is 0 Å². The minimum Gasteiger partial charge on any atom is -0.462 e. The zero-order chi connectivity index (χ0) is 18.1. The number of rotatable bonds is 9. The summed E-state index contributed by atoms with van der Waals surface area (Å²) in [6.45, 7) is 4.21. The highest BCUT2D eigenvalue weighted by Crippen LogP contribution is 2.15. The van der Waals surface area contributed by atoms with Crippen LogP contribution in [0.1, 0.15) is 42.9 Å². The fourth-order valence-electron chi connectivity index (χ4n) is 2.03. The Morgan fingerprint density at radius 1 is 1.24 bits per heavy atom. The van der Waals surface area contributed by atoms with Crippen LogP contribution in [0.2, 0.25) is 0 Å². The van der Waals surface area contributed by atoms with Gasteiger partial charge in [0.2, 0.25) is 11.1 Å². The first kappa shape index (κ1) is 19.0. The fraction of sp³-hybridized carbons (Fsp3) is 0.412. The van der Waals surface area contributed by atoms with Crippen LogP contribution in [0.4, 0.5) is 5.69 Å². The summed E-state index contributed by atoms with van der Waals surface area (Å²) in [6, 6.07) is 6.58. The first-order valence-corrected chi connectivity index (χ1v) is 9.22. The summed E-state index contributed by atoms with van der Waals surface area (Å²) >= 11 is 1.28. The van der Waals surface area contributed by atoms with E-state index in [1.165, 1.54) is 11.8 Å². The summed E-state index contributed by atoms with van der Waals surface area (Å²) in [6.07, 6.45) is 3.02. The topological polar surface area (TPSA) is 97.0 Å². The molecule has 1 aromatic carbocycles. The number of aryl methyl sites for hydroxylation is 1. The molecule has 134 valence electrons. The molecule has 0 aliphatic rings. The lowest BCUT2D eigenvalue weighted by Gasteiger charge is -2.05. The van der Waals surface area contributed by atoms with Crippen molar-refractivity contribution in [2.45, 2.75) is 38.3 Å². The van der Waals surface area contributed by atoms with Crippen LogP contribution in [0.25, 0.3) is 0 Å². The van der Waals surface area contributed by atoms with Gasteiger partial charge in [-0.1, -0.05) is 25.1 Å². The minimum absolute atomic E-state index is 0.159. The van der Waals surface area contributed by atoms with Crippen molar-refractivity contribution < 1.29 is 14.3 Å². The number of hydrogen-bond acceptors (Lipinski definition) is 6. The maximum absolute atomic E-state index is 12.0. The highest BCUT2D eigenvalue weighted by Gasteiger charge is 2.09. The van der Waals surface area contributed by atoms with Gasteiger partial charge in [0.1, 0.15) is 5.82 Å². The Morgan fingerprint density at radius 2 is 2.00 bits per heavy atom. The van der Waals surface area contributed by atoms with Gasteiger partial charge in [0.05, 0.1) is 17.9 Å². The van der Waals surface area contributed by atoms with Gasteiger partial charge < -0.3 is 10.1 Å². The van der Waals surface area contributed by atoms with Crippen LogP contribution in [0.5, 0.6) is 0 Å². The zero-order valence-electron chi connectivity index (χ0n) is 14.4. The average molecular weight is 362 g/mol. The molecule has 2 aromatic rings. The van der Waals surface area contributed by atoms with Crippen molar-refractivity contribution in [1.29, 1.82) is 0 Å². The number of nitrogens with one attached hydrogen (secondary N) is 2. The van der Waals surface area contributed by atoms with Crippen LogP contribution < -0.4 is 5.32 Å². The molecule has 2 N–H and O–H groups in total. The number of aromatic amines is 1. The summed E-state index contributed by atoms with van der Waals surface area (Å²) < 4.78 is 4.92. The molecule has 7 nitrogen and oxygen atoms in total. The first-order chi connectivity index (χ1) is 12.1. The van der Waals surface area contributed by atoms with Gasteiger partial charge in [-0.2, -0.15) is 0 Å². The molecular weight excluding hydrogens is 340 g/mol. The smallest absolute Gasteiger partial charge is 0.338 e. The maximum Gasteiger partial charge on any atom is 0.338 e. The normalized spacial score (nSPS) is 10.5. The molecule has 0 aliphatic carbocycles. The van der Waals surface area contributed by atoms with Crippen LogP contribution in [0.3, 0.4) is 0 Å². The van der Waals surface area contributed by atoms with Crippen molar-refractivity contribution in [1.82, 2.24) is 15.2 Å². The Hall–Kier alpha value is -2.35. The molecule has 0 fully saturated rings. The molecule has 0 unspecified atom stereocenters. The van der Waals surface area contributed by atoms with Crippen LogP contribution >= 0.6 is 11.8 Å². The zero-order valence-corrected chi connectivity index (χ0v) is 15.2. The number of unbranched alkanes of at least 4 members (excludes halogenated alkanes) is 1. The van der Waals surface area contributed by atoms with Gasteiger partial charge in [0, 0.05) is 12.1 Å². The van der Waals surface area contributed by atoms with E-state index < -0.39 is 0 Å². The van der Waals surface area contributed by atoms with Crippen LogP contribution in [-0.4, -0.2) is 39.4 Å². The van der Waals surface area contributed by atoms with E-state index in [1.54, 1.807) is 31.2 Å². The number of nitrogens with zero attached hydrogens (tertiary/aromatic N) is 2. The quantitative estimate of drug-likeness (QED) is 0.526. The molecule has 1 amide bonds. The third-order valence-corrected chi connectivity index (χ3v) is 4.14. The van der Waals surface area contributed by atoms with Gasteiger partial charge in [0.15, 0.2) is 0 Å².